The zero-order valence-corrected chi connectivity index (χ0v) is 20.3. The zero-order valence-electron chi connectivity index (χ0n) is 18.7. The van der Waals surface area contributed by atoms with Crippen LogP contribution < -0.4 is 15.4 Å². The summed E-state index contributed by atoms with van der Waals surface area (Å²) in [7, 11) is -3.85. The lowest BCUT2D eigenvalue weighted by molar-refractivity contribution is 0.0953. The Kier molecular flexibility index (Phi) is 7.61. The number of carbonyl (C=O) groups excluding carboxylic acids is 1. The second-order valence-corrected chi connectivity index (χ2v) is 10.3. The fraction of sp³-hybridized carbons (Fsp3) is 0.250. The van der Waals surface area contributed by atoms with Crippen molar-refractivity contribution in [1.82, 2.24) is 10.3 Å². The van der Waals surface area contributed by atoms with Crippen molar-refractivity contribution in [2.45, 2.75) is 24.7 Å². The van der Waals surface area contributed by atoms with Gasteiger partial charge in [0.1, 0.15) is 11.7 Å². The standard InChI is InChI=1S/C24H26N4O4S2/c1-2-3-10-26-24(29)17-4-6-19(7-5-17)28-34(30,31)20-8-9-22-21(14-20)18(15-32-16-27-22)13-23-25-11-12-33-23/h4-9,11-14,27-28H,2-3,10,15-16H2,1H3,(H,26,29)/b18-13-. The maximum absolute atomic E-state index is 13.1. The van der Waals surface area contributed by atoms with E-state index in [9.17, 15) is 13.2 Å². The van der Waals surface area contributed by atoms with Crippen LogP contribution in [0, 0.1) is 0 Å². The van der Waals surface area contributed by atoms with E-state index in [-0.39, 0.29) is 10.8 Å². The Balaban J connectivity index is 1.55. The quantitative estimate of drug-likeness (QED) is 0.397. The third kappa shape index (κ3) is 5.82. The van der Waals surface area contributed by atoms with Crippen LogP contribution in [0.5, 0.6) is 0 Å². The van der Waals surface area contributed by atoms with E-state index in [1.54, 1.807) is 48.7 Å². The predicted molar refractivity (Wildman–Crippen MR) is 135 cm³/mol. The van der Waals surface area contributed by atoms with Crippen molar-refractivity contribution in [3.05, 3.63) is 70.2 Å². The third-order valence-electron chi connectivity index (χ3n) is 5.23. The molecule has 0 spiro atoms. The Morgan fingerprint density at radius 1 is 1.24 bits per heavy atom. The number of nitrogens with one attached hydrogen (secondary N) is 3. The molecule has 2 heterocycles. The number of carbonyl (C=O) groups is 1. The molecule has 3 aromatic rings. The number of amides is 1. The molecule has 0 saturated heterocycles. The van der Waals surface area contributed by atoms with E-state index in [4.69, 9.17) is 4.74 Å². The van der Waals surface area contributed by atoms with Gasteiger partial charge in [-0.25, -0.2) is 13.4 Å². The predicted octanol–water partition coefficient (Wildman–Crippen LogP) is 4.41. The molecule has 1 amide bonds. The van der Waals surface area contributed by atoms with Gasteiger partial charge in [-0.3, -0.25) is 9.52 Å². The van der Waals surface area contributed by atoms with E-state index in [0.29, 0.717) is 31.1 Å². The molecular weight excluding hydrogens is 472 g/mol. The first kappa shape index (κ1) is 23.9. The van der Waals surface area contributed by atoms with E-state index in [0.717, 1.165) is 34.7 Å². The SMILES string of the molecule is CCCCNC(=O)c1ccc(NS(=O)(=O)c2ccc3c(c2)/C(=C\c2nccs2)COCN3)cc1. The molecule has 1 aliphatic rings. The highest BCUT2D eigenvalue weighted by atomic mass is 32.2. The minimum atomic E-state index is -3.85. The molecule has 0 fully saturated rings. The van der Waals surface area contributed by atoms with Crippen LogP contribution in [0.4, 0.5) is 11.4 Å². The Morgan fingerprint density at radius 2 is 2.06 bits per heavy atom. The van der Waals surface area contributed by atoms with Gasteiger partial charge in [0.25, 0.3) is 15.9 Å². The summed E-state index contributed by atoms with van der Waals surface area (Å²) in [5, 5.41) is 8.71. The lowest BCUT2D eigenvalue weighted by atomic mass is 10.0. The van der Waals surface area contributed by atoms with E-state index in [1.165, 1.54) is 11.3 Å². The van der Waals surface area contributed by atoms with Gasteiger partial charge in [0.05, 0.1) is 11.5 Å². The largest absolute Gasteiger partial charge is 0.362 e. The Bertz CT molecular complexity index is 1270. The Hall–Kier alpha value is -3.21. The van der Waals surface area contributed by atoms with Gasteiger partial charge in [-0.2, -0.15) is 0 Å². The summed E-state index contributed by atoms with van der Waals surface area (Å²) in [6, 6.07) is 11.3. The van der Waals surface area contributed by atoms with Crippen LogP contribution in [0.1, 0.15) is 40.7 Å². The monoisotopic (exact) mass is 498 g/mol. The molecule has 8 nitrogen and oxygen atoms in total. The van der Waals surface area contributed by atoms with Gasteiger partial charge < -0.3 is 15.4 Å². The lowest BCUT2D eigenvalue weighted by Crippen LogP contribution is -2.24. The number of ether oxygens (including phenoxy) is 1. The van der Waals surface area contributed by atoms with E-state index in [1.807, 2.05) is 11.5 Å². The van der Waals surface area contributed by atoms with Gasteiger partial charge in [0, 0.05) is 40.6 Å². The maximum atomic E-state index is 13.1. The average Bonchev–Trinajstić information content (AvgIpc) is 3.26. The highest BCUT2D eigenvalue weighted by Crippen LogP contribution is 2.31. The number of sulfonamides is 1. The second-order valence-electron chi connectivity index (χ2n) is 7.71. The van der Waals surface area contributed by atoms with Crippen LogP contribution in [0.3, 0.4) is 0 Å². The summed E-state index contributed by atoms with van der Waals surface area (Å²) in [6.45, 7) is 3.32. The summed E-state index contributed by atoms with van der Waals surface area (Å²) < 4.78 is 34.5. The van der Waals surface area contributed by atoms with Gasteiger partial charge in [0.2, 0.25) is 0 Å². The average molecular weight is 499 g/mol. The van der Waals surface area contributed by atoms with Crippen molar-refractivity contribution >= 4 is 50.3 Å². The summed E-state index contributed by atoms with van der Waals surface area (Å²) in [5.41, 5.74) is 3.23. The number of aromatic nitrogens is 1. The molecule has 10 heteroatoms. The number of fused-ring (bicyclic) bond motifs is 1. The molecule has 0 aliphatic carbocycles. The molecule has 0 saturated carbocycles. The topological polar surface area (TPSA) is 109 Å². The van der Waals surface area contributed by atoms with Crippen molar-refractivity contribution in [1.29, 1.82) is 0 Å². The highest BCUT2D eigenvalue weighted by molar-refractivity contribution is 7.92. The first-order valence-corrected chi connectivity index (χ1v) is 13.3. The zero-order chi connectivity index (χ0) is 24.0. The fourth-order valence-corrected chi connectivity index (χ4v) is 5.11. The third-order valence-corrected chi connectivity index (χ3v) is 7.34. The summed E-state index contributed by atoms with van der Waals surface area (Å²) in [4.78, 5) is 16.6. The smallest absolute Gasteiger partial charge is 0.261 e. The fourth-order valence-electron chi connectivity index (χ4n) is 3.44. The molecule has 0 bridgehead atoms. The molecule has 0 atom stereocenters. The van der Waals surface area contributed by atoms with Crippen molar-refractivity contribution in [3.63, 3.8) is 0 Å². The Labute approximate surface area is 203 Å². The highest BCUT2D eigenvalue weighted by Gasteiger charge is 2.20. The number of hydrogen-bond acceptors (Lipinski definition) is 7. The lowest BCUT2D eigenvalue weighted by Gasteiger charge is -2.13. The van der Waals surface area contributed by atoms with E-state index < -0.39 is 10.0 Å². The van der Waals surface area contributed by atoms with Gasteiger partial charge in [-0.1, -0.05) is 13.3 Å². The van der Waals surface area contributed by atoms with Gasteiger partial charge >= 0.3 is 0 Å². The van der Waals surface area contributed by atoms with Crippen molar-refractivity contribution in [2.75, 3.05) is 29.9 Å². The minimum absolute atomic E-state index is 0.126. The molecular formula is C24H26N4O4S2. The van der Waals surface area contributed by atoms with Gasteiger partial charge in [-0.15, -0.1) is 11.3 Å². The number of thiazole rings is 1. The number of nitrogens with zero attached hydrogens (tertiary/aromatic N) is 1. The summed E-state index contributed by atoms with van der Waals surface area (Å²) in [5.74, 6) is -0.178. The normalized spacial score (nSPS) is 14.7. The molecule has 34 heavy (non-hydrogen) atoms. The van der Waals surface area contributed by atoms with E-state index >= 15 is 0 Å². The van der Waals surface area contributed by atoms with Crippen LogP contribution in [0.15, 0.2) is 58.9 Å². The van der Waals surface area contributed by atoms with Crippen molar-refractivity contribution < 1.29 is 17.9 Å². The van der Waals surface area contributed by atoms with Crippen molar-refractivity contribution in [2.24, 2.45) is 0 Å². The number of anilines is 2. The molecule has 3 N–H and O–H groups in total. The van der Waals surface area contributed by atoms with Crippen LogP contribution in [-0.2, 0) is 14.8 Å². The van der Waals surface area contributed by atoms with E-state index in [2.05, 4.69) is 27.3 Å². The Morgan fingerprint density at radius 3 is 2.79 bits per heavy atom. The van der Waals surface area contributed by atoms with Gasteiger partial charge in [-0.05, 0) is 60.5 Å². The van der Waals surface area contributed by atoms with Crippen LogP contribution in [0.2, 0.25) is 0 Å². The van der Waals surface area contributed by atoms with Crippen LogP contribution in [-0.4, -0.2) is 39.2 Å². The molecule has 4 rings (SSSR count). The number of benzene rings is 2. The summed E-state index contributed by atoms with van der Waals surface area (Å²) in [6.07, 6.45) is 5.53. The molecule has 0 radical (unpaired) electrons. The molecule has 0 unspecified atom stereocenters. The van der Waals surface area contributed by atoms with Crippen LogP contribution in [0.25, 0.3) is 11.6 Å². The molecule has 178 valence electrons. The number of hydrogen-bond donors (Lipinski definition) is 3. The molecule has 1 aliphatic heterocycles. The maximum Gasteiger partial charge on any atom is 0.261 e. The first-order chi connectivity index (χ1) is 16.5. The molecule has 2 aromatic carbocycles. The number of unbranched alkanes of at least 4 members (excludes halogenated alkanes) is 1. The first-order valence-electron chi connectivity index (χ1n) is 10.9. The van der Waals surface area contributed by atoms with Gasteiger partial charge in [0.15, 0.2) is 0 Å². The number of rotatable bonds is 8. The second kappa shape index (κ2) is 10.8. The van der Waals surface area contributed by atoms with Crippen molar-refractivity contribution in [3.8, 4) is 0 Å². The summed E-state index contributed by atoms with van der Waals surface area (Å²) >= 11 is 1.50. The minimum Gasteiger partial charge on any atom is -0.362 e. The van der Waals surface area contributed by atoms with Crippen LogP contribution >= 0.6 is 11.3 Å². The molecule has 1 aromatic heterocycles.